The van der Waals surface area contributed by atoms with Crippen LogP contribution in [0.5, 0.6) is 5.75 Å². The Balaban J connectivity index is 1.43. The summed E-state index contributed by atoms with van der Waals surface area (Å²) in [5.74, 6) is 1.18. The summed E-state index contributed by atoms with van der Waals surface area (Å²) in [4.78, 5) is 19.7. The second-order valence-electron chi connectivity index (χ2n) is 7.40. The lowest BCUT2D eigenvalue weighted by Gasteiger charge is -2.14. The van der Waals surface area contributed by atoms with Crippen molar-refractivity contribution in [2.24, 2.45) is 7.05 Å². The molecule has 0 aliphatic heterocycles. The molecule has 0 fully saturated rings. The first-order chi connectivity index (χ1) is 13.4. The zero-order valence-corrected chi connectivity index (χ0v) is 18.0. The molecule has 1 aliphatic carbocycles. The Hall–Kier alpha value is -1.83. The Morgan fingerprint density at radius 2 is 2.04 bits per heavy atom. The van der Waals surface area contributed by atoms with Gasteiger partial charge in [0, 0.05) is 17.7 Å². The van der Waals surface area contributed by atoms with Gasteiger partial charge in [-0.15, -0.1) is 11.3 Å². The monoisotopic (exact) mass is 416 g/mol. The predicted molar refractivity (Wildman–Crippen MR) is 115 cm³/mol. The molecule has 0 bridgehead atoms. The molecule has 148 valence electrons. The number of nitrogens with zero attached hydrogens (tertiary/aromatic N) is 2. The first-order valence-corrected chi connectivity index (χ1v) is 11.3. The molecule has 0 radical (unpaired) electrons. The van der Waals surface area contributed by atoms with Gasteiger partial charge in [-0.25, -0.2) is 4.98 Å². The minimum Gasteiger partial charge on any atom is -0.491 e. The molecule has 2 heterocycles. The molecular weight excluding hydrogens is 392 g/mol. The van der Waals surface area contributed by atoms with Gasteiger partial charge in [0.15, 0.2) is 5.16 Å². The maximum absolute atomic E-state index is 12.8. The van der Waals surface area contributed by atoms with Crippen molar-refractivity contribution in [1.29, 1.82) is 0 Å². The zero-order valence-electron chi connectivity index (χ0n) is 16.3. The minimum absolute atomic E-state index is 0.0212. The van der Waals surface area contributed by atoms with E-state index in [1.807, 2.05) is 26.0 Å². The number of aliphatic hydroxyl groups is 1. The summed E-state index contributed by atoms with van der Waals surface area (Å²) in [5.41, 5.74) is 3.49. The predicted octanol–water partition coefficient (Wildman–Crippen LogP) is 3.63. The number of hydrogen-bond acceptors (Lipinski definition) is 6. The topological polar surface area (TPSA) is 64.3 Å². The van der Waals surface area contributed by atoms with Crippen LogP contribution >= 0.6 is 23.1 Å². The fraction of sp³-hybridized carbons (Fsp3) is 0.429. The van der Waals surface area contributed by atoms with E-state index in [0.29, 0.717) is 10.9 Å². The highest BCUT2D eigenvalue weighted by atomic mass is 32.2. The van der Waals surface area contributed by atoms with Gasteiger partial charge in [-0.1, -0.05) is 17.8 Å². The van der Waals surface area contributed by atoms with Crippen LogP contribution in [0.1, 0.15) is 28.0 Å². The van der Waals surface area contributed by atoms with Gasteiger partial charge in [-0.2, -0.15) is 0 Å². The van der Waals surface area contributed by atoms with E-state index < -0.39 is 6.10 Å². The van der Waals surface area contributed by atoms with Crippen LogP contribution in [0.25, 0.3) is 10.2 Å². The number of aromatic nitrogens is 2. The van der Waals surface area contributed by atoms with Crippen LogP contribution in [0.3, 0.4) is 0 Å². The summed E-state index contributed by atoms with van der Waals surface area (Å²) >= 11 is 3.04. The van der Waals surface area contributed by atoms with Crippen LogP contribution in [0.4, 0.5) is 0 Å². The number of rotatable bonds is 6. The van der Waals surface area contributed by atoms with Gasteiger partial charge in [0.2, 0.25) is 0 Å². The van der Waals surface area contributed by atoms with Crippen molar-refractivity contribution in [2.75, 3.05) is 12.4 Å². The van der Waals surface area contributed by atoms with Crippen molar-refractivity contribution in [2.45, 2.75) is 44.4 Å². The molecular formula is C21H24N2O3S2. The molecule has 0 saturated carbocycles. The fourth-order valence-corrected chi connectivity index (χ4v) is 5.84. The largest absolute Gasteiger partial charge is 0.491 e. The third-order valence-electron chi connectivity index (χ3n) is 4.95. The Morgan fingerprint density at radius 3 is 2.79 bits per heavy atom. The zero-order chi connectivity index (χ0) is 19.8. The summed E-state index contributed by atoms with van der Waals surface area (Å²) in [7, 11) is 1.76. The Kier molecular flexibility index (Phi) is 5.49. The second kappa shape index (κ2) is 7.89. The summed E-state index contributed by atoms with van der Waals surface area (Å²) in [6.07, 6.45) is 2.51. The van der Waals surface area contributed by atoms with Crippen LogP contribution in [0.15, 0.2) is 28.2 Å². The van der Waals surface area contributed by atoms with E-state index in [-0.39, 0.29) is 12.2 Å². The minimum atomic E-state index is -0.647. The number of thiophene rings is 1. The van der Waals surface area contributed by atoms with E-state index in [1.165, 1.54) is 22.2 Å². The molecule has 1 atom stereocenters. The average Bonchev–Trinajstić information content (AvgIpc) is 3.21. The first-order valence-electron chi connectivity index (χ1n) is 9.45. The van der Waals surface area contributed by atoms with Gasteiger partial charge in [-0.3, -0.25) is 9.36 Å². The number of benzene rings is 1. The molecule has 1 aliphatic rings. The molecule has 28 heavy (non-hydrogen) atoms. The van der Waals surface area contributed by atoms with Gasteiger partial charge in [0.25, 0.3) is 5.56 Å². The van der Waals surface area contributed by atoms with E-state index in [2.05, 4.69) is 6.07 Å². The third-order valence-corrected chi connectivity index (χ3v) is 7.31. The maximum atomic E-state index is 12.8. The van der Waals surface area contributed by atoms with Crippen molar-refractivity contribution < 1.29 is 9.84 Å². The number of ether oxygens (including phenoxy) is 1. The lowest BCUT2D eigenvalue weighted by molar-refractivity contribution is 0.126. The highest BCUT2D eigenvalue weighted by molar-refractivity contribution is 7.99. The maximum Gasteiger partial charge on any atom is 0.262 e. The van der Waals surface area contributed by atoms with Crippen molar-refractivity contribution in [3.05, 3.63) is 50.1 Å². The van der Waals surface area contributed by atoms with Crippen LogP contribution in [0.2, 0.25) is 0 Å². The van der Waals surface area contributed by atoms with Gasteiger partial charge >= 0.3 is 0 Å². The molecule has 0 saturated heterocycles. The van der Waals surface area contributed by atoms with E-state index in [1.54, 1.807) is 23.0 Å². The van der Waals surface area contributed by atoms with Gasteiger partial charge in [-0.05, 0) is 61.9 Å². The van der Waals surface area contributed by atoms with Gasteiger partial charge in [0.05, 0.1) is 11.5 Å². The SMILES string of the molecule is Cc1cc(C)cc(OC[C@@H](O)CSc2nc3sc4c(c3c(=O)n2C)CCC4)c1. The van der Waals surface area contributed by atoms with Gasteiger partial charge in [0.1, 0.15) is 17.2 Å². The number of fused-ring (bicyclic) bond motifs is 3. The molecule has 7 heteroatoms. The molecule has 1 N–H and O–H groups in total. The highest BCUT2D eigenvalue weighted by Gasteiger charge is 2.22. The molecule has 0 unspecified atom stereocenters. The van der Waals surface area contributed by atoms with E-state index in [9.17, 15) is 9.90 Å². The smallest absolute Gasteiger partial charge is 0.262 e. The van der Waals surface area contributed by atoms with E-state index in [0.717, 1.165) is 46.4 Å². The summed E-state index contributed by atoms with van der Waals surface area (Å²) in [6.45, 7) is 4.25. The van der Waals surface area contributed by atoms with Crippen molar-refractivity contribution in [3.63, 3.8) is 0 Å². The average molecular weight is 417 g/mol. The van der Waals surface area contributed by atoms with Crippen LogP contribution in [-0.4, -0.2) is 33.1 Å². The van der Waals surface area contributed by atoms with Crippen molar-refractivity contribution in [1.82, 2.24) is 9.55 Å². The Morgan fingerprint density at radius 1 is 1.29 bits per heavy atom. The number of aliphatic hydroxyl groups excluding tert-OH is 1. The highest BCUT2D eigenvalue weighted by Crippen LogP contribution is 2.35. The fourth-order valence-electron chi connectivity index (χ4n) is 3.66. The van der Waals surface area contributed by atoms with E-state index >= 15 is 0 Å². The molecule has 0 amide bonds. The third kappa shape index (κ3) is 3.83. The molecule has 5 nitrogen and oxygen atoms in total. The molecule has 0 spiro atoms. The summed E-state index contributed by atoms with van der Waals surface area (Å²) < 4.78 is 7.34. The molecule has 3 aromatic rings. The van der Waals surface area contributed by atoms with Crippen molar-refractivity contribution >= 4 is 33.3 Å². The number of thioether (sulfide) groups is 1. The Bertz CT molecular complexity index is 1070. The van der Waals surface area contributed by atoms with Crippen LogP contribution in [0, 0.1) is 13.8 Å². The second-order valence-corrected chi connectivity index (χ2v) is 9.47. The van der Waals surface area contributed by atoms with Crippen LogP contribution in [-0.2, 0) is 19.9 Å². The number of hydrogen-bond donors (Lipinski definition) is 1. The van der Waals surface area contributed by atoms with Crippen molar-refractivity contribution in [3.8, 4) is 5.75 Å². The van der Waals surface area contributed by atoms with Crippen LogP contribution < -0.4 is 10.3 Å². The standard InChI is InChI=1S/C21H24N2O3S2/c1-12-7-13(2)9-15(8-12)26-10-14(24)11-27-21-22-19-18(20(25)23(21)3)16-5-4-6-17(16)28-19/h7-9,14,24H,4-6,10-11H2,1-3H3/t14-/m1/s1. The first kappa shape index (κ1) is 19.5. The summed E-state index contributed by atoms with van der Waals surface area (Å²) in [5, 5.41) is 11.8. The van der Waals surface area contributed by atoms with E-state index in [4.69, 9.17) is 9.72 Å². The lowest BCUT2D eigenvalue weighted by Crippen LogP contribution is -2.23. The van der Waals surface area contributed by atoms with Gasteiger partial charge < -0.3 is 9.84 Å². The summed E-state index contributed by atoms with van der Waals surface area (Å²) in [6, 6.07) is 6.01. The normalized spacial score (nSPS) is 14.4. The quantitative estimate of drug-likeness (QED) is 0.491. The Labute approximate surface area is 172 Å². The molecule has 1 aromatic carbocycles. The molecule has 4 rings (SSSR count). The number of aryl methyl sites for hydroxylation is 4. The lowest BCUT2D eigenvalue weighted by atomic mass is 10.1. The molecule has 2 aromatic heterocycles.